The summed E-state index contributed by atoms with van der Waals surface area (Å²) >= 11 is 5.91. The van der Waals surface area contributed by atoms with Crippen LogP contribution in [0.1, 0.15) is 30.9 Å². The van der Waals surface area contributed by atoms with E-state index in [1.165, 1.54) is 11.0 Å². The van der Waals surface area contributed by atoms with Crippen LogP contribution in [0.3, 0.4) is 0 Å². The van der Waals surface area contributed by atoms with Crippen LogP contribution in [-0.4, -0.2) is 30.5 Å². The number of aromatic nitrogens is 5. The van der Waals surface area contributed by atoms with Crippen LogP contribution >= 0.6 is 11.6 Å². The SMILES string of the molecule is CCC(NC(=O)Cn1cc(Cl)c(C)n1)c1ncnn1C. The molecule has 0 saturated heterocycles. The summed E-state index contributed by atoms with van der Waals surface area (Å²) in [4.78, 5) is 16.2. The summed E-state index contributed by atoms with van der Waals surface area (Å²) in [5, 5.41) is 11.6. The van der Waals surface area contributed by atoms with Crippen molar-refractivity contribution in [3.05, 3.63) is 29.1 Å². The molecule has 0 spiro atoms. The molecule has 1 atom stereocenters. The molecule has 1 unspecified atom stereocenters. The molecule has 7 nitrogen and oxygen atoms in total. The van der Waals surface area contributed by atoms with Crippen molar-refractivity contribution in [1.82, 2.24) is 29.9 Å². The van der Waals surface area contributed by atoms with Crippen LogP contribution < -0.4 is 5.32 Å². The van der Waals surface area contributed by atoms with E-state index >= 15 is 0 Å². The summed E-state index contributed by atoms with van der Waals surface area (Å²) in [7, 11) is 1.80. The maximum absolute atomic E-state index is 12.0. The van der Waals surface area contributed by atoms with Crippen molar-refractivity contribution in [2.45, 2.75) is 32.9 Å². The fourth-order valence-electron chi connectivity index (χ4n) is 1.93. The monoisotopic (exact) mass is 296 g/mol. The zero-order valence-electron chi connectivity index (χ0n) is 11.7. The summed E-state index contributed by atoms with van der Waals surface area (Å²) in [5.41, 5.74) is 0.708. The highest BCUT2D eigenvalue weighted by Crippen LogP contribution is 2.14. The second-order valence-corrected chi connectivity index (χ2v) is 4.94. The minimum atomic E-state index is -0.165. The number of nitrogens with zero attached hydrogens (tertiary/aromatic N) is 5. The van der Waals surface area contributed by atoms with Crippen molar-refractivity contribution in [3.63, 3.8) is 0 Å². The normalized spacial score (nSPS) is 12.4. The van der Waals surface area contributed by atoms with E-state index in [-0.39, 0.29) is 18.5 Å². The van der Waals surface area contributed by atoms with Crippen molar-refractivity contribution in [2.24, 2.45) is 7.05 Å². The van der Waals surface area contributed by atoms with E-state index in [4.69, 9.17) is 11.6 Å². The Morgan fingerprint density at radius 3 is 2.80 bits per heavy atom. The Hall–Kier alpha value is -1.89. The summed E-state index contributed by atoms with van der Waals surface area (Å²) in [6.07, 6.45) is 3.84. The summed E-state index contributed by atoms with van der Waals surface area (Å²) in [6.45, 7) is 3.90. The minimum absolute atomic E-state index is 0.127. The first-order valence-corrected chi connectivity index (χ1v) is 6.71. The van der Waals surface area contributed by atoms with Crippen LogP contribution in [0.2, 0.25) is 5.02 Å². The number of halogens is 1. The zero-order valence-corrected chi connectivity index (χ0v) is 12.4. The van der Waals surface area contributed by atoms with Crippen LogP contribution in [0.25, 0.3) is 0 Å². The molecule has 0 aromatic carbocycles. The molecule has 0 aliphatic heterocycles. The molecule has 108 valence electrons. The van der Waals surface area contributed by atoms with Gasteiger partial charge < -0.3 is 5.32 Å². The molecule has 8 heteroatoms. The Kier molecular flexibility index (Phi) is 4.39. The van der Waals surface area contributed by atoms with E-state index in [9.17, 15) is 4.79 Å². The fraction of sp³-hybridized carbons (Fsp3) is 0.500. The van der Waals surface area contributed by atoms with Gasteiger partial charge in [-0.3, -0.25) is 14.2 Å². The highest BCUT2D eigenvalue weighted by atomic mass is 35.5. The van der Waals surface area contributed by atoms with Crippen LogP contribution in [0.5, 0.6) is 0 Å². The third-order valence-corrected chi connectivity index (χ3v) is 3.36. The highest BCUT2D eigenvalue weighted by molar-refractivity contribution is 6.31. The maximum atomic E-state index is 12.0. The number of carbonyl (C=O) groups excluding carboxylic acids is 1. The number of nitrogens with one attached hydrogen (secondary N) is 1. The molecule has 0 aliphatic rings. The van der Waals surface area contributed by atoms with Crippen LogP contribution in [0.15, 0.2) is 12.5 Å². The number of carbonyl (C=O) groups is 1. The van der Waals surface area contributed by atoms with E-state index in [1.807, 2.05) is 6.92 Å². The summed E-state index contributed by atoms with van der Waals surface area (Å²) in [6, 6.07) is -0.165. The molecule has 2 heterocycles. The van der Waals surface area contributed by atoms with E-state index in [0.717, 1.165) is 12.2 Å². The van der Waals surface area contributed by atoms with Crippen molar-refractivity contribution >= 4 is 17.5 Å². The van der Waals surface area contributed by atoms with Gasteiger partial charge in [-0.2, -0.15) is 10.2 Å². The molecule has 2 rings (SSSR count). The molecule has 1 N–H and O–H groups in total. The first-order valence-electron chi connectivity index (χ1n) is 6.34. The van der Waals surface area contributed by atoms with Crippen molar-refractivity contribution in [1.29, 1.82) is 0 Å². The number of rotatable bonds is 5. The summed E-state index contributed by atoms with van der Waals surface area (Å²) < 4.78 is 3.18. The number of hydrogen-bond donors (Lipinski definition) is 1. The lowest BCUT2D eigenvalue weighted by atomic mass is 10.2. The van der Waals surface area contributed by atoms with Gasteiger partial charge in [-0.25, -0.2) is 4.98 Å². The van der Waals surface area contributed by atoms with Gasteiger partial charge in [0.2, 0.25) is 5.91 Å². The third kappa shape index (κ3) is 3.16. The van der Waals surface area contributed by atoms with E-state index < -0.39 is 0 Å². The predicted octanol–water partition coefficient (Wildman–Crippen LogP) is 1.24. The zero-order chi connectivity index (χ0) is 14.7. The first kappa shape index (κ1) is 14.5. The van der Waals surface area contributed by atoms with Gasteiger partial charge in [0.15, 0.2) is 0 Å². The van der Waals surface area contributed by atoms with Gasteiger partial charge in [0.1, 0.15) is 18.7 Å². The second-order valence-electron chi connectivity index (χ2n) is 4.53. The van der Waals surface area contributed by atoms with Gasteiger partial charge in [-0.15, -0.1) is 0 Å². The Morgan fingerprint density at radius 1 is 1.55 bits per heavy atom. The molecule has 1 amide bonds. The lowest BCUT2D eigenvalue weighted by molar-refractivity contribution is -0.122. The van der Waals surface area contributed by atoms with E-state index in [0.29, 0.717) is 10.7 Å². The molecule has 2 aromatic rings. The number of hydrogen-bond acceptors (Lipinski definition) is 4. The van der Waals surface area contributed by atoms with E-state index in [2.05, 4.69) is 20.5 Å². The van der Waals surface area contributed by atoms with Gasteiger partial charge in [0, 0.05) is 13.2 Å². The van der Waals surface area contributed by atoms with Crippen molar-refractivity contribution in [3.8, 4) is 0 Å². The standard InChI is InChI=1S/C12H17ClN6O/c1-4-10(12-14-7-15-18(12)3)16-11(20)6-19-5-9(13)8(2)17-19/h5,7,10H,4,6H2,1-3H3,(H,16,20). The van der Waals surface area contributed by atoms with Crippen LogP contribution in [0.4, 0.5) is 0 Å². The quantitative estimate of drug-likeness (QED) is 0.900. The van der Waals surface area contributed by atoms with Gasteiger partial charge in [-0.05, 0) is 13.3 Å². The van der Waals surface area contributed by atoms with E-state index in [1.54, 1.807) is 24.9 Å². The molecule has 0 aliphatic carbocycles. The Labute approximate surface area is 121 Å². The molecular weight excluding hydrogens is 280 g/mol. The van der Waals surface area contributed by atoms with Crippen LogP contribution in [0, 0.1) is 6.92 Å². The fourth-order valence-corrected chi connectivity index (χ4v) is 2.08. The molecular formula is C12H17ClN6O. The smallest absolute Gasteiger partial charge is 0.242 e. The van der Waals surface area contributed by atoms with Gasteiger partial charge in [0.05, 0.1) is 16.8 Å². The molecule has 0 bridgehead atoms. The predicted molar refractivity (Wildman–Crippen MR) is 74.2 cm³/mol. The molecule has 0 fully saturated rings. The Bertz CT molecular complexity index is 585. The average Bonchev–Trinajstić information content (AvgIpc) is 2.93. The molecule has 0 radical (unpaired) electrons. The third-order valence-electron chi connectivity index (χ3n) is 2.99. The van der Waals surface area contributed by atoms with Gasteiger partial charge in [-0.1, -0.05) is 18.5 Å². The average molecular weight is 297 g/mol. The maximum Gasteiger partial charge on any atom is 0.242 e. The van der Waals surface area contributed by atoms with Gasteiger partial charge >= 0.3 is 0 Å². The van der Waals surface area contributed by atoms with Gasteiger partial charge in [0.25, 0.3) is 0 Å². The number of amides is 1. The molecule has 20 heavy (non-hydrogen) atoms. The minimum Gasteiger partial charge on any atom is -0.344 e. The lowest BCUT2D eigenvalue weighted by Gasteiger charge is -2.15. The van der Waals surface area contributed by atoms with Crippen molar-refractivity contribution < 1.29 is 4.79 Å². The number of aryl methyl sites for hydroxylation is 2. The largest absolute Gasteiger partial charge is 0.344 e. The lowest BCUT2D eigenvalue weighted by Crippen LogP contribution is -2.32. The second kappa shape index (κ2) is 6.04. The first-order chi connectivity index (χ1) is 9.51. The van der Waals surface area contributed by atoms with Crippen molar-refractivity contribution in [2.75, 3.05) is 0 Å². The Balaban J connectivity index is 2.01. The summed E-state index contributed by atoms with van der Waals surface area (Å²) in [5.74, 6) is 0.592. The van der Waals surface area contributed by atoms with Crippen LogP contribution in [-0.2, 0) is 18.4 Å². The highest BCUT2D eigenvalue weighted by Gasteiger charge is 2.17. The molecule has 0 saturated carbocycles. The Morgan fingerprint density at radius 2 is 2.30 bits per heavy atom. The molecule has 2 aromatic heterocycles. The topological polar surface area (TPSA) is 77.6 Å².